The van der Waals surface area contributed by atoms with E-state index in [9.17, 15) is 13.2 Å². The Hall–Kier alpha value is -2.46. The zero-order chi connectivity index (χ0) is 24.1. The maximum absolute atomic E-state index is 13.0. The van der Waals surface area contributed by atoms with Crippen molar-refractivity contribution in [3.63, 3.8) is 0 Å². The van der Waals surface area contributed by atoms with Crippen LogP contribution in [0, 0.1) is 0 Å². The SMILES string of the molecule is C[C@@H]1CN(S(=O)(=O)c2ccc(C(=O)N3CCN(CCOc4ccccc4)CC3)cc2)C[C@@H](C)O1. The second kappa shape index (κ2) is 10.9. The molecule has 0 unspecified atom stereocenters. The van der Waals surface area contributed by atoms with E-state index < -0.39 is 10.0 Å². The van der Waals surface area contributed by atoms with Crippen LogP contribution in [0.3, 0.4) is 0 Å². The Morgan fingerprint density at radius 2 is 1.56 bits per heavy atom. The van der Waals surface area contributed by atoms with Gasteiger partial charge in [-0.05, 0) is 50.2 Å². The highest BCUT2D eigenvalue weighted by molar-refractivity contribution is 7.89. The standard InChI is InChI=1S/C25H33N3O5S/c1-20-18-28(19-21(2)33-20)34(30,31)24-10-8-22(9-11-24)25(29)27-14-12-26(13-15-27)16-17-32-23-6-4-3-5-7-23/h3-11,20-21H,12-19H2,1-2H3/t20-,21-/m1/s1. The zero-order valence-electron chi connectivity index (χ0n) is 19.8. The molecule has 0 radical (unpaired) electrons. The number of carbonyl (C=O) groups is 1. The molecule has 9 heteroatoms. The van der Waals surface area contributed by atoms with Gasteiger partial charge in [0.2, 0.25) is 10.0 Å². The van der Waals surface area contributed by atoms with Crippen LogP contribution in [0.1, 0.15) is 24.2 Å². The molecule has 0 bridgehead atoms. The molecular formula is C25H33N3O5S. The van der Waals surface area contributed by atoms with E-state index in [0.29, 0.717) is 38.3 Å². The first-order valence-corrected chi connectivity index (χ1v) is 13.2. The van der Waals surface area contributed by atoms with Gasteiger partial charge in [-0.15, -0.1) is 0 Å². The Balaban J connectivity index is 1.28. The van der Waals surface area contributed by atoms with E-state index in [-0.39, 0.29) is 23.0 Å². The maximum atomic E-state index is 13.0. The Morgan fingerprint density at radius 1 is 0.941 bits per heavy atom. The van der Waals surface area contributed by atoms with E-state index in [0.717, 1.165) is 25.4 Å². The van der Waals surface area contributed by atoms with Crippen LogP contribution in [0.15, 0.2) is 59.5 Å². The number of ether oxygens (including phenoxy) is 2. The summed E-state index contributed by atoms with van der Waals surface area (Å²) in [5.74, 6) is 0.789. The minimum atomic E-state index is -3.62. The highest BCUT2D eigenvalue weighted by atomic mass is 32.2. The number of rotatable bonds is 7. The number of benzene rings is 2. The van der Waals surface area contributed by atoms with Crippen molar-refractivity contribution in [2.45, 2.75) is 31.0 Å². The van der Waals surface area contributed by atoms with Crippen LogP contribution in [-0.4, -0.2) is 93.1 Å². The maximum Gasteiger partial charge on any atom is 0.253 e. The van der Waals surface area contributed by atoms with Gasteiger partial charge in [0.25, 0.3) is 5.91 Å². The molecule has 2 aliphatic rings. The Kier molecular flexibility index (Phi) is 7.88. The fraction of sp³-hybridized carbons (Fsp3) is 0.480. The summed E-state index contributed by atoms with van der Waals surface area (Å²) in [7, 11) is -3.62. The average Bonchev–Trinajstić information content (AvgIpc) is 2.84. The zero-order valence-corrected chi connectivity index (χ0v) is 20.6. The minimum absolute atomic E-state index is 0.0715. The van der Waals surface area contributed by atoms with Crippen molar-refractivity contribution in [3.05, 3.63) is 60.2 Å². The third-order valence-electron chi connectivity index (χ3n) is 6.20. The number of sulfonamides is 1. The molecule has 2 saturated heterocycles. The molecule has 2 fully saturated rings. The summed E-state index contributed by atoms with van der Waals surface area (Å²) < 4.78 is 38.9. The Morgan fingerprint density at radius 3 is 2.18 bits per heavy atom. The van der Waals surface area contributed by atoms with E-state index in [2.05, 4.69) is 4.90 Å². The molecule has 0 saturated carbocycles. The Bertz CT molecular complexity index is 1040. The van der Waals surface area contributed by atoms with Crippen molar-refractivity contribution in [2.24, 2.45) is 0 Å². The van der Waals surface area contributed by atoms with Gasteiger partial charge >= 0.3 is 0 Å². The summed E-state index contributed by atoms with van der Waals surface area (Å²) in [5, 5.41) is 0. The molecule has 1 amide bonds. The molecule has 2 heterocycles. The summed E-state index contributed by atoms with van der Waals surface area (Å²) in [4.78, 5) is 17.3. The van der Waals surface area contributed by atoms with E-state index in [1.807, 2.05) is 49.1 Å². The lowest BCUT2D eigenvalue weighted by atomic mass is 10.2. The number of carbonyl (C=O) groups excluding carboxylic acids is 1. The van der Waals surface area contributed by atoms with Crippen LogP contribution in [0.25, 0.3) is 0 Å². The first-order chi connectivity index (χ1) is 16.3. The fourth-order valence-electron chi connectivity index (χ4n) is 4.41. The van der Waals surface area contributed by atoms with Gasteiger partial charge in [0, 0.05) is 51.4 Å². The first kappa shape index (κ1) is 24.7. The Labute approximate surface area is 202 Å². The molecule has 2 aliphatic heterocycles. The lowest BCUT2D eigenvalue weighted by molar-refractivity contribution is -0.0440. The molecule has 8 nitrogen and oxygen atoms in total. The second-order valence-electron chi connectivity index (χ2n) is 8.90. The smallest absolute Gasteiger partial charge is 0.253 e. The second-order valence-corrected chi connectivity index (χ2v) is 10.8. The predicted octanol–water partition coefficient (Wildman–Crippen LogP) is 2.32. The largest absolute Gasteiger partial charge is 0.492 e. The van der Waals surface area contributed by atoms with Crippen LogP contribution in [0.2, 0.25) is 0 Å². The van der Waals surface area contributed by atoms with Crippen molar-refractivity contribution in [3.8, 4) is 5.75 Å². The van der Waals surface area contributed by atoms with Gasteiger partial charge in [0.15, 0.2) is 0 Å². The lowest BCUT2D eigenvalue weighted by Crippen LogP contribution is -2.49. The van der Waals surface area contributed by atoms with Crippen molar-refractivity contribution >= 4 is 15.9 Å². The summed E-state index contributed by atoms with van der Waals surface area (Å²) in [6.45, 7) is 8.64. The van der Waals surface area contributed by atoms with Crippen LogP contribution in [0.4, 0.5) is 0 Å². The highest BCUT2D eigenvalue weighted by Crippen LogP contribution is 2.22. The quantitative estimate of drug-likeness (QED) is 0.597. The van der Waals surface area contributed by atoms with Crippen molar-refractivity contribution in [2.75, 3.05) is 52.4 Å². The number of nitrogens with zero attached hydrogens (tertiary/aromatic N) is 3. The third-order valence-corrected chi connectivity index (χ3v) is 8.05. The summed E-state index contributed by atoms with van der Waals surface area (Å²) in [6, 6.07) is 16.0. The number of morpholine rings is 1. The number of hydrogen-bond donors (Lipinski definition) is 0. The number of amides is 1. The summed E-state index contributed by atoms with van der Waals surface area (Å²) in [6.07, 6.45) is -0.300. The number of para-hydroxylation sites is 1. The van der Waals surface area contributed by atoms with Gasteiger partial charge in [0.05, 0.1) is 17.1 Å². The minimum Gasteiger partial charge on any atom is -0.492 e. The molecule has 0 spiro atoms. The fourth-order valence-corrected chi connectivity index (χ4v) is 6.00. The van der Waals surface area contributed by atoms with E-state index in [4.69, 9.17) is 9.47 Å². The predicted molar refractivity (Wildman–Crippen MR) is 129 cm³/mol. The normalized spacial score (nSPS) is 22.5. The molecule has 0 aliphatic carbocycles. The van der Waals surface area contributed by atoms with Crippen molar-refractivity contribution < 1.29 is 22.7 Å². The average molecular weight is 488 g/mol. The third kappa shape index (κ3) is 5.96. The van der Waals surface area contributed by atoms with Gasteiger partial charge in [-0.3, -0.25) is 9.69 Å². The number of piperazine rings is 1. The lowest BCUT2D eigenvalue weighted by Gasteiger charge is -2.35. The van der Waals surface area contributed by atoms with Crippen LogP contribution >= 0.6 is 0 Å². The monoisotopic (exact) mass is 487 g/mol. The van der Waals surface area contributed by atoms with Crippen molar-refractivity contribution in [1.82, 2.24) is 14.1 Å². The van der Waals surface area contributed by atoms with E-state index in [1.54, 1.807) is 12.1 Å². The number of hydrogen-bond acceptors (Lipinski definition) is 6. The van der Waals surface area contributed by atoms with Crippen LogP contribution < -0.4 is 4.74 Å². The molecule has 0 aromatic heterocycles. The van der Waals surface area contributed by atoms with Crippen LogP contribution in [-0.2, 0) is 14.8 Å². The molecule has 0 N–H and O–H groups in total. The molecule has 2 atom stereocenters. The molecule has 184 valence electrons. The first-order valence-electron chi connectivity index (χ1n) is 11.8. The molecule has 2 aromatic carbocycles. The topological polar surface area (TPSA) is 79.4 Å². The van der Waals surface area contributed by atoms with Crippen LogP contribution in [0.5, 0.6) is 5.75 Å². The van der Waals surface area contributed by atoms with Gasteiger partial charge in [0.1, 0.15) is 12.4 Å². The summed E-state index contributed by atoms with van der Waals surface area (Å²) >= 11 is 0. The summed E-state index contributed by atoms with van der Waals surface area (Å²) in [5.41, 5.74) is 0.503. The molecule has 2 aromatic rings. The van der Waals surface area contributed by atoms with Gasteiger partial charge in [-0.25, -0.2) is 8.42 Å². The van der Waals surface area contributed by atoms with E-state index >= 15 is 0 Å². The van der Waals surface area contributed by atoms with Gasteiger partial charge < -0.3 is 14.4 Å². The van der Waals surface area contributed by atoms with Gasteiger partial charge in [-0.1, -0.05) is 18.2 Å². The highest BCUT2D eigenvalue weighted by Gasteiger charge is 2.32. The van der Waals surface area contributed by atoms with E-state index in [1.165, 1.54) is 16.4 Å². The van der Waals surface area contributed by atoms with Gasteiger partial charge in [-0.2, -0.15) is 4.31 Å². The molecular weight excluding hydrogens is 454 g/mol. The molecule has 4 rings (SSSR count). The molecule has 34 heavy (non-hydrogen) atoms. The van der Waals surface area contributed by atoms with Crippen molar-refractivity contribution in [1.29, 1.82) is 0 Å².